The molecule has 2 saturated heterocycles. The van der Waals surface area contributed by atoms with Crippen molar-refractivity contribution >= 4 is 17.8 Å². The van der Waals surface area contributed by atoms with Gasteiger partial charge >= 0.3 is 6.03 Å². The molecule has 0 saturated carbocycles. The van der Waals surface area contributed by atoms with Gasteiger partial charge in [-0.05, 0) is 32.2 Å². The minimum Gasteiger partial charge on any atom is -0.353 e. The van der Waals surface area contributed by atoms with E-state index in [2.05, 4.69) is 16.0 Å². The summed E-state index contributed by atoms with van der Waals surface area (Å²) < 4.78 is 0. The van der Waals surface area contributed by atoms with Crippen LogP contribution in [0.15, 0.2) is 0 Å². The summed E-state index contributed by atoms with van der Waals surface area (Å²) in [6, 6.07) is -0.180. The largest absolute Gasteiger partial charge is 0.353 e. The molecule has 2 aliphatic heterocycles. The van der Waals surface area contributed by atoms with E-state index in [0.717, 1.165) is 24.3 Å². The third-order valence-electron chi connectivity index (χ3n) is 4.46. The van der Waals surface area contributed by atoms with Crippen molar-refractivity contribution in [2.75, 3.05) is 19.6 Å². The first-order chi connectivity index (χ1) is 10.0. The van der Waals surface area contributed by atoms with Gasteiger partial charge in [0.1, 0.15) is 12.1 Å². The summed E-state index contributed by atoms with van der Waals surface area (Å²) in [5, 5.41) is 8.77. The molecule has 0 aromatic heterocycles. The summed E-state index contributed by atoms with van der Waals surface area (Å²) >= 11 is 0. The van der Waals surface area contributed by atoms with E-state index >= 15 is 0 Å². The summed E-state index contributed by atoms with van der Waals surface area (Å²) in [5.74, 6) is -0.596. The van der Waals surface area contributed by atoms with Gasteiger partial charge in [-0.3, -0.25) is 14.5 Å². The number of nitrogens with one attached hydrogen (secondary N) is 3. The minimum absolute atomic E-state index is 0.209. The molecule has 1 atom stereocenters. The Bertz CT molecular complexity index is 428. The van der Waals surface area contributed by atoms with Gasteiger partial charge in [-0.15, -0.1) is 0 Å². The lowest BCUT2D eigenvalue weighted by atomic mass is 9.93. The van der Waals surface area contributed by atoms with Crippen molar-refractivity contribution < 1.29 is 14.4 Å². The van der Waals surface area contributed by atoms with Crippen molar-refractivity contribution in [1.29, 1.82) is 0 Å². The fourth-order valence-corrected chi connectivity index (χ4v) is 2.92. The summed E-state index contributed by atoms with van der Waals surface area (Å²) in [5.41, 5.74) is -0.843. The first-order valence-electron chi connectivity index (χ1n) is 7.66. The van der Waals surface area contributed by atoms with Crippen LogP contribution >= 0.6 is 0 Å². The van der Waals surface area contributed by atoms with E-state index in [1.165, 1.54) is 0 Å². The normalized spacial score (nSPS) is 24.3. The molecule has 1 unspecified atom stereocenters. The van der Waals surface area contributed by atoms with Crippen LogP contribution in [0.3, 0.4) is 0 Å². The lowest BCUT2D eigenvalue weighted by molar-refractivity contribution is -0.135. The number of rotatable bonds is 6. The van der Waals surface area contributed by atoms with Gasteiger partial charge in [0.05, 0.1) is 0 Å². The maximum Gasteiger partial charge on any atom is 0.325 e. The van der Waals surface area contributed by atoms with E-state index in [0.29, 0.717) is 25.4 Å². The Morgan fingerprint density at radius 3 is 2.62 bits per heavy atom. The highest BCUT2D eigenvalue weighted by atomic mass is 16.2. The molecule has 7 heteroatoms. The topological polar surface area (TPSA) is 90.5 Å². The van der Waals surface area contributed by atoms with Gasteiger partial charge in [-0.1, -0.05) is 13.8 Å². The average Bonchev–Trinajstić information content (AvgIpc) is 3.07. The van der Waals surface area contributed by atoms with E-state index in [4.69, 9.17) is 0 Å². The smallest absolute Gasteiger partial charge is 0.325 e. The molecule has 21 heavy (non-hydrogen) atoms. The van der Waals surface area contributed by atoms with Crippen LogP contribution in [0.25, 0.3) is 0 Å². The number of hydrogen-bond acceptors (Lipinski definition) is 4. The SMILES string of the molecule is CCC1(CC)NC(=O)N(CC(=O)NCC2CCCN2)C1=O. The molecular formula is C14H24N4O3. The van der Waals surface area contributed by atoms with Gasteiger partial charge in [0.25, 0.3) is 5.91 Å². The zero-order valence-corrected chi connectivity index (χ0v) is 12.7. The van der Waals surface area contributed by atoms with Crippen LogP contribution < -0.4 is 16.0 Å². The van der Waals surface area contributed by atoms with Crippen LogP contribution in [0.2, 0.25) is 0 Å². The van der Waals surface area contributed by atoms with Crippen molar-refractivity contribution in [3.63, 3.8) is 0 Å². The Kier molecular flexibility index (Phi) is 4.82. The van der Waals surface area contributed by atoms with Crippen LogP contribution in [-0.2, 0) is 9.59 Å². The zero-order valence-electron chi connectivity index (χ0n) is 12.7. The van der Waals surface area contributed by atoms with Gasteiger partial charge in [-0.2, -0.15) is 0 Å². The van der Waals surface area contributed by atoms with E-state index in [1.54, 1.807) is 0 Å². The Morgan fingerprint density at radius 1 is 1.38 bits per heavy atom. The van der Waals surface area contributed by atoms with Crippen molar-refractivity contribution in [2.24, 2.45) is 0 Å². The standard InChI is InChI=1S/C14H24N4O3/c1-3-14(4-2)12(20)18(13(21)17-14)9-11(19)16-8-10-6-5-7-15-10/h10,15H,3-9H2,1-2H3,(H,16,19)(H,17,21). The predicted molar refractivity (Wildman–Crippen MR) is 77.6 cm³/mol. The van der Waals surface area contributed by atoms with Gasteiger partial charge in [-0.25, -0.2) is 4.79 Å². The highest BCUT2D eigenvalue weighted by molar-refractivity contribution is 6.08. The number of urea groups is 1. The van der Waals surface area contributed by atoms with Crippen molar-refractivity contribution in [3.05, 3.63) is 0 Å². The third-order valence-corrected chi connectivity index (χ3v) is 4.46. The summed E-state index contributed by atoms with van der Waals surface area (Å²) in [7, 11) is 0. The minimum atomic E-state index is -0.843. The number of nitrogens with zero attached hydrogens (tertiary/aromatic N) is 1. The van der Waals surface area contributed by atoms with E-state index in [9.17, 15) is 14.4 Å². The molecule has 2 aliphatic rings. The third kappa shape index (κ3) is 3.18. The first kappa shape index (κ1) is 15.8. The molecule has 0 spiro atoms. The van der Waals surface area contributed by atoms with Crippen molar-refractivity contribution in [2.45, 2.75) is 51.1 Å². The molecule has 2 fully saturated rings. The van der Waals surface area contributed by atoms with Gasteiger partial charge in [0.2, 0.25) is 5.91 Å². The highest BCUT2D eigenvalue weighted by Gasteiger charge is 2.49. The molecule has 2 rings (SSSR count). The Hall–Kier alpha value is -1.63. The number of hydrogen-bond donors (Lipinski definition) is 3. The predicted octanol–water partition coefficient (Wildman–Crippen LogP) is -0.0348. The maximum absolute atomic E-state index is 12.3. The Balaban J connectivity index is 1.88. The van der Waals surface area contributed by atoms with Crippen LogP contribution in [0.4, 0.5) is 4.79 Å². The van der Waals surface area contributed by atoms with E-state index in [1.807, 2.05) is 13.8 Å². The van der Waals surface area contributed by atoms with Crippen molar-refractivity contribution in [1.82, 2.24) is 20.9 Å². The van der Waals surface area contributed by atoms with E-state index in [-0.39, 0.29) is 18.4 Å². The molecule has 0 aliphatic carbocycles. The number of carbonyl (C=O) groups is 3. The average molecular weight is 296 g/mol. The molecule has 0 bridgehead atoms. The fourth-order valence-electron chi connectivity index (χ4n) is 2.92. The first-order valence-corrected chi connectivity index (χ1v) is 7.66. The van der Waals surface area contributed by atoms with Crippen LogP contribution in [0, 0.1) is 0 Å². The second-order valence-corrected chi connectivity index (χ2v) is 5.71. The molecule has 2 heterocycles. The maximum atomic E-state index is 12.3. The second-order valence-electron chi connectivity index (χ2n) is 5.71. The molecule has 4 amide bonds. The Morgan fingerprint density at radius 2 is 2.10 bits per heavy atom. The van der Waals surface area contributed by atoms with Gasteiger partial charge in [0.15, 0.2) is 0 Å². The number of amides is 4. The summed E-state index contributed by atoms with van der Waals surface area (Å²) in [6.45, 7) is 5.02. The monoisotopic (exact) mass is 296 g/mol. The lowest BCUT2D eigenvalue weighted by Gasteiger charge is -2.23. The lowest BCUT2D eigenvalue weighted by Crippen LogP contribution is -2.47. The second kappa shape index (κ2) is 6.43. The molecule has 0 aromatic rings. The Labute approximate surface area is 124 Å². The van der Waals surface area contributed by atoms with Crippen LogP contribution in [0.1, 0.15) is 39.5 Å². The fraction of sp³-hybridized carbons (Fsp3) is 0.786. The zero-order chi connectivity index (χ0) is 15.5. The van der Waals surface area contributed by atoms with Crippen LogP contribution in [0.5, 0.6) is 0 Å². The summed E-state index contributed by atoms with van der Waals surface area (Å²) in [6.07, 6.45) is 3.21. The molecular weight excluding hydrogens is 272 g/mol. The van der Waals surface area contributed by atoms with Gasteiger partial charge in [0, 0.05) is 12.6 Å². The summed E-state index contributed by atoms with van der Waals surface area (Å²) in [4.78, 5) is 37.2. The molecule has 3 N–H and O–H groups in total. The quantitative estimate of drug-likeness (QED) is 0.600. The van der Waals surface area contributed by atoms with Crippen LogP contribution in [-0.4, -0.2) is 54.0 Å². The highest BCUT2D eigenvalue weighted by Crippen LogP contribution is 2.24. The molecule has 0 aromatic carbocycles. The van der Waals surface area contributed by atoms with Crippen molar-refractivity contribution in [3.8, 4) is 0 Å². The molecule has 7 nitrogen and oxygen atoms in total. The number of imide groups is 1. The van der Waals surface area contributed by atoms with E-state index < -0.39 is 11.6 Å². The number of carbonyl (C=O) groups excluding carboxylic acids is 3. The van der Waals surface area contributed by atoms with Gasteiger partial charge < -0.3 is 16.0 Å². The molecule has 118 valence electrons. The molecule has 0 radical (unpaired) electrons.